The van der Waals surface area contributed by atoms with Crippen molar-refractivity contribution in [3.8, 4) is 0 Å². The molecule has 1 aromatic carbocycles. The number of likely N-dealkylation sites (tertiary alicyclic amines) is 1. The molecule has 0 aliphatic carbocycles. The average molecular weight is 360 g/mol. The van der Waals surface area contributed by atoms with E-state index in [1.165, 1.54) is 0 Å². The normalized spacial score (nSPS) is 24.2. The van der Waals surface area contributed by atoms with E-state index in [-0.39, 0.29) is 30.5 Å². The van der Waals surface area contributed by atoms with E-state index in [9.17, 15) is 9.59 Å². The maximum atomic E-state index is 13.0. The van der Waals surface area contributed by atoms with Crippen molar-refractivity contribution in [1.82, 2.24) is 20.7 Å². The van der Waals surface area contributed by atoms with Gasteiger partial charge in [-0.2, -0.15) is 0 Å². The maximum Gasteiger partial charge on any atom is 0.317 e. The number of carbonyl (C=O) groups excluding carboxylic acids is 1. The topological polar surface area (TPSA) is 84.9 Å². The van der Waals surface area contributed by atoms with E-state index in [2.05, 4.69) is 10.9 Å². The van der Waals surface area contributed by atoms with Crippen molar-refractivity contribution in [2.24, 2.45) is 5.92 Å². The second kappa shape index (κ2) is 8.62. The highest BCUT2D eigenvalue weighted by atomic mass is 16.4. The number of carboxylic acid groups (broad SMARTS) is 1. The summed E-state index contributed by atoms with van der Waals surface area (Å²) in [6.07, 6.45) is 1.66. The molecular weight excluding hydrogens is 332 g/mol. The summed E-state index contributed by atoms with van der Waals surface area (Å²) in [5.41, 5.74) is 7.47. The van der Waals surface area contributed by atoms with Gasteiger partial charge in [-0.1, -0.05) is 37.3 Å². The van der Waals surface area contributed by atoms with Gasteiger partial charge in [-0.05, 0) is 24.9 Å². The Hall–Kier alpha value is -1.96. The molecule has 2 heterocycles. The first-order chi connectivity index (χ1) is 12.6. The molecule has 2 atom stereocenters. The third kappa shape index (κ3) is 4.23. The number of amides is 1. The Balaban J connectivity index is 1.59. The van der Waals surface area contributed by atoms with E-state index in [4.69, 9.17) is 5.11 Å². The Labute approximate surface area is 154 Å². The van der Waals surface area contributed by atoms with E-state index in [0.717, 1.165) is 24.9 Å². The van der Waals surface area contributed by atoms with Gasteiger partial charge in [-0.25, -0.2) is 5.43 Å². The first-order valence-electron chi connectivity index (χ1n) is 9.38. The summed E-state index contributed by atoms with van der Waals surface area (Å²) < 4.78 is 0. The molecule has 0 radical (unpaired) electrons. The molecule has 0 saturated carbocycles. The van der Waals surface area contributed by atoms with Gasteiger partial charge in [0.2, 0.25) is 5.91 Å². The zero-order valence-electron chi connectivity index (χ0n) is 15.2. The second-order valence-electron chi connectivity index (χ2n) is 7.03. The molecule has 2 saturated heterocycles. The fourth-order valence-electron chi connectivity index (χ4n) is 4.06. The summed E-state index contributed by atoms with van der Waals surface area (Å²) in [4.78, 5) is 28.0. The van der Waals surface area contributed by atoms with E-state index in [1.54, 1.807) is 0 Å². The number of nitrogens with zero attached hydrogens (tertiary/aromatic N) is 2. The molecule has 2 aliphatic heterocycles. The van der Waals surface area contributed by atoms with Crippen molar-refractivity contribution in [3.63, 3.8) is 0 Å². The van der Waals surface area contributed by atoms with Crippen LogP contribution in [0, 0.1) is 5.92 Å². The lowest BCUT2D eigenvalue weighted by Gasteiger charge is -2.38. The van der Waals surface area contributed by atoms with Crippen LogP contribution >= 0.6 is 0 Å². The SMILES string of the molecule is CCN(CC(=O)O)C1CCN(C(=O)C2CNNC2c2ccccc2)CC1. The fraction of sp³-hybridized carbons (Fsp3) is 0.579. The minimum Gasteiger partial charge on any atom is -0.480 e. The number of carboxylic acids is 1. The lowest BCUT2D eigenvalue weighted by Crippen LogP contribution is -2.50. The Morgan fingerprint density at radius 2 is 1.92 bits per heavy atom. The van der Waals surface area contributed by atoms with Crippen LogP contribution in [0.15, 0.2) is 30.3 Å². The van der Waals surface area contributed by atoms with Gasteiger partial charge in [0, 0.05) is 25.7 Å². The monoisotopic (exact) mass is 360 g/mol. The number of hydrazine groups is 1. The van der Waals surface area contributed by atoms with E-state index in [1.807, 2.05) is 47.1 Å². The number of hydrogen-bond donors (Lipinski definition) is 3. The van der Waals surface area contributed by atoms with Crippen LogP contribution in [0.2, 0.25) is 0 Å². The number of rotatable bonds is 6. The fourth-order valence-corrected chi connectivity index (χ4v) is 4.06. The molecule has 7 heteroatoms. The molecule has 142 valence electrons. The summed E-state index contributed by atoms with van der Waals surface area (Å²) in [6, 6.07) is 10.3. The number of nitrogens with one attached hydrogen (secondary N) is 2. The average Bonchev–Trinajstić information content (AvgIpc) is 3.16. The van der Waals surface area contributed by atoms with Crippen LogP contribution in [0.5, 0.6) is 0 Å². The van der Waals surface area contributed by atoms with E-state index < -0.39 is 5.97 Å². The van der Waals surface area contributed by atoms with Crippen molar-refractivity contribution in [2.75, 3.05) is 32.7 Å². The smallest absolute Gasteiger partial charge is 0.317 e. The Bertz CT molecular complexity index is 616. The summed E-state index contributed by atoms with van der Waals surface area (Å²) in [7, 11) is 0. The minimum atomic E-state index is -0.792. The van der Waals surface area contributed by atoms with Crippen LogP contribution in [0.1, 0.15) is 31.4 Å². The lowest BCUT2D eigenvalue weighted by atomic mass is 9.92. The third-order valence-corrected chi connectivity index (χ3v) is 5.49. The predicted molar refractivity (Wildman–Crippen MR) is 98.3 cm³/mol. The molecule has 2 fully saturated rings. The summed E-state index contributed by atoms with van der Waals surface area (Å²) in [5.74, 6) is -0.731. The first-order valence-corrected chi connectivity index (χ1v) is 9.38. The highest BCUT2D eigenvalue weighted by Gasteiger charge is 2.38. The van der Waals surface area contributed by atoms with Crippen molar-refractivity contribution in [1.29, 1.82) is 0 Å². The number of hydrogen-bond acceptors (Lipinski definition) is 5. The van der Waals surface area contributed by atoms with Crippen molar-refractivity contribution in [2.45, 2.75) is 31.8 Å². The van der Waals surface area contributed by atoms with Crippen LogP contribution in [0.25, 0.3) is 0 Å². The minimum absolute atomic E-state index is 0.0134. The molecular formula is C19H28N4O3. The predicted octanol–water partition coefficient (Wildman–Crippen LogP) is 0.849. The zero-order valence-corrected chi connectivity index (χ0v) is 15.2. The highest BCUT2D eigenvalue weighted by Crippen LogP contribution is 2.28. The van der Waals surface area contributed by atoms with Crippen molar-refractivity contribution >= 4 is 11.9 Å². The summed E-state index contributed by atoms with van der Waals surface area (Å²) in [6.45, 7) is 4.79. The molecule has 26 heavy (non-hydrogen) atoms. The standard InChI is InChI=1S/C19H28N4O3/c1-2-22(13-17(24)25)15-8-10-23(11-9-15)19(26)16-12-20-21-18(16)14-6-4-3-5-7-14/h3-7,15-16,18,20-21H,2,8-13H2,1H3,(H,24,25). The quantitative estimate of drug-likeness (QED) is 0.697. The lowest BCUT2D eigenvalue weighted by molar-refractivity contribution is -0.141. The molecule has 1 aromatic rings. The van der Waals surface area contributed by atoms with Gasteiger partial charge in [-0.3, -0.25) is 19.9 Å². The zero-order chi connectivity index (χ0) is 18.5. The number of likely N-dealkylation sites (N-methyl/N-ethyl adjacent to an activating group) is 1. The van der Waals surface area contributed by atoms with Gasteiger partial charge >= 0.3 is 5.97 Å². The second-order valence-corrected chi connectivity index (χ2v) is 7.03. The van der Waals surface area contributed by atoms with Gasteiger partial charge in [0.05, 0.1) is 18.5 Å². The Kier molecular flexibility index (Phi) is 6.24. The number of benzene rings is 1. The Morgan fingerprint density at radius 3 is 2.54 bits per heavy atom. The van der Waals surface area contributed by atoms with Crippen molar-refractivity contribution in [3.05, 3.63) is 35.9 Å². The van der Waals surface area contributed by atoms with Crippen LogP contribution < -0.4 is 10.9 Å². The molecule has 2 unspecified atom stereocenters. The molecule has 0 spiro atoms. The van der Waals surface area contributed by atoms with Gasteiger partial charge in [0.15, 0.2) is 0 Å². The summed E-state index contributed by atoms with van der Waals surface area (Å²) >= 11 is 0. The molecule has 0 bridgehead atoms. The highest BCUT2D eigenvalue weighted by molar-refractivity contribution is 5.80. The van der Waals surface area contributed by atoms with Crippen LogP contribution in [0.4, 0.5) is 0 Å². The molecule has 2 aliphatic rings. The van der Waals surface area contributed by atoms with Gasteiger partial charge < -0.3 is 10.0 Å². The first kappa shape index (κ1) is 18.8. The molecule has 1 amide bonds. The van der Waals surface area contributed by atoms with Crippen LogP contribution in [-0.4, -0.2) is 65.5 Å². The molecule has 7 nitrogen and oxygen atoms in total. The van der Waals surface area contributed by atoms with Gasteiger partial charge in [-0.15, -0.1) is 0 Å². The van der Waals surface area contributed by atoms with Gasteiger partial charge in [0.25, 0.3) is 0 Å². The van der Waals surface area contributed by atoms with E-state index >= 15 is 0 Å². The number of piperidine rings is 1. The largest absolute Gasteiger partial charge is 0.480 e. The van der Waals surface area contributed by atoms with Crippen LogP contribution in [0.3, 0.4) is 0 Å². The Morgan fingerprint density at radius 1 is 1.23 bits per heavy atom. The maximum absolute atomic E-state index is 13.0. The number of carbonyl (C=O) groups is 2. The van der Waals surface area contributed by atoms with E-state index in [0.29, 0.717) is 19.6 Å². The third-order valence-electron chi connectivity index (χ3n) is 5.49. The van der Waals surface area contributed by atoms with Crippen LogP contribution in [-0.2, 0) is 9.59 Å². The molecule has 3 N–H and O–H groups in total. The molecule has 0 aromatic heterocycles. The van der Waals surface area contributed by atoms with Crippen molar-refractivity contribution < 1.29 is 14.7 Å². The van der Waals surface area contributed by atoms with Gasteiger partial charge in [0.1, 0.15) is 0 Å². The number of aliphatic carboxylic acids is 1. The molecule has 3 rings (SSSR count). The summed E-state index contributed by atoms with van der Waals surface area (Å²) in [5, 5.41) is 9.05.